The van der Waals surface area contributed by atoms with Crippen molar-refractivity contribution in [1.82, 2.24) is 15.2 Å². The van der Waals surface area contributed by atoms with Crippen LogP contribution in [-0.4, -0.2) is 42.9 Å². The zero-order valence-electron chi connectivity index (χ0n) is 10.6. The van der Waals surface area contributed by atoms with Crippen LogP contribution in [0, 0.1) is 0 Å². The maximum Gasteiger partial charge on any atom is 0.0548 e. The molecule has 4 heteroatoms. The van der Waals surface area contributed by atoms with Crippen molar-refractivity contribution in [2.24, 2.45) is 4.99 Å². The summed E-state index contributed by atoms with van der Waals surface area (Å²) >= 11 is 0. The minimum Gasteiger partial charge on any atom is -0.299 e. The number of nitrogens with one attached hydrogen (secondary N) is 1. The van der Waals surface area contributed by atoms with E-state index in [1.807, 2.05) is 32.6 Å². The van der Waals surface area contributed by atoms with Gasteiger partial charge in [0, 0.05) is 25.6 Å². The molecule has 0 spiro atoms. The van der Waals surface area contributed by atoms with Gasteiger partial charge in [0.2, 0.25) is 0 Å². The average Bonchev–Trinajstić information content (AvgIpc) is 3.10. The SMILES string of the molecule is CN(C)CNCc1cc(C=NC2CC2)ccn1. The lowest BCUT2D eigenvalue weighted by atomic mass is 10.2. The number of pyridine rings is 1. The summed E-state index contributed by atoms with van der Waals surface area (Å²) in [5.74, 6) is 0. The summed E-state index contributed by atoms with van der Waals surface area (Å²) in [5, 5.41) is 3.32. The van der Waals surface area contributed by atoms with Crippen LogP contribution < -0.4 is 5.32 Å². The van der Waals surface area contributed by atoms with Gasteiger partial charge in [-0.15, -0.1) is 0 Å². The second kappa shape index (κ2) is 5.89. The molecule has 92 valence electrons. The van der Waals surface area contributed by atoms with Crippen LogP contribution in [0.25, 0.3) is 0 Å². The van der Waals surface area contributed by atoms with Crippen molar-refractivity contribution < 1.29 is 0 Å². The Morgan fingerprint density at radius 3 is 3.06 bits per heavy atom. The number of rotatable bonds is 6. The highest BCUT2D eigenvalue weighted by Gasteiger charge is 2.18. The highest BCUT2D eigenvalue weighted by Crippen LogP contribution is 2.23. The molecule has 1 aromatic rings. The van der Waals surface area contributed by atoms with E-state index in [9.17, 15) is 0 Å². The lowest BCUT2D eigenvalue weighted by molar-refractivity contribution is 0.366. The summed E-state index contributed by atoms with van der Waals surface area (Å²) in [7, 11) is 4.08. The Labute approximate surface area is 103 Å². The van der Waals surface area contributed by atoms with E-state index >= 15 is 0 Å². The van der Waals surface area contributed by atoms with Crippen molar-refractivity contribution in [3.8, 4) is 0 Å². The van der Waals surface area contributed by atoms with Gasteiger partial charge >= 0.3 is 0 Å². The molecule has 0 radical (unpaired) electrons. The van der Waals surface area contributed by atoms with Crippen LogP contribution in [0.15, 0.2) is 23.3 Å². The molecule has 1 aromatic heterocycles. The third kappa shape index (κ3) is 4.63. The van der Waals surface area contributed by atoms with Gasteiger partial charge in [0.15, 0.2) is 0 Å². The Bertz CT molecular complexity index is 383. The minimum absolute atomic E-state index is 0.582. The van der Waals surface area contributed by atoms with Crippen molar-refractivity contribution in [3.05, 3.63) is 29.6 Å². The second-order valence-corrected chi connectivity index (χ2v) is 4.75. The molecule has 0 aromatic carbocycles. The summed E-state index contributed by atoms with van der Waals surface area (Å²) in [4.78, 5) is 10.9. The van der Waals surface area contributed by atoms with E-state index in [1.54, 1.807) is 0 Å². The number of aliphatic imine (C=N–C) groups is 1. The van der Waals surface area contributed by atoms with Gasteiger partial charge in [0.25, 0.3) is 0 Å². The smallest absolute Gasteiger partial charge is 0.0548 e. The maximum absolute atomic E-state index is 4.47. The van der Waals surface area contributed by atoms with Crippen molar-refractivity contribution >= 4 is 6.21 Å². The summed E-state index contributed by atoms with van der Waals surface area (Å²) in [6.07, 6.45) is 6.31. The molecule has 1 heterocycles. The Balaban J connectivity index is 1.86. The fourth-order valence-electron chi connectivity index (χ4n) is 1.50. The molecule has 2 rings (SSSR count). The van der Waals surface area contributed by atoms with Crippen LogP contribution in [0.4, 0.5) is 0 Å². The van der Waals surface area contributed by atoms with Crippen LogP contribution >= 0.6 is 0 Å². The molecule has 17 heavy (non-hydrogen) atoms. The molecule has 0 unspecified atom stereocenters. The van der Waals surface area contributed by atoms with Gasteiger partial charge in [0.05, 0.1) is 11.7 Å². The topological polar surface area (TPSA) is 40.5 Å². The fraction of sp³-hybridized carbons (Fsp3) is 0.538. The van der Waals surface area contributed by atoms with E-state index in [2.05, 4.69) is 26.3 Å². The quantitative estimate of drug-likeness (QED) is 0.593. The predicted octanol–water partition coefficient (Wildman–Crippen LogP) is 1.27. The molecule has 1 fully saturated rings. The first-order valence-electron chi connectivity index (χ1n) is 6.07. The Hall–Kier alpha value is -1.26. The van der Waals surface area contributed by atoms with E-state index in [4.69, 9.17) is 0 Å². The predicted molar refractivity (Wildman–Crippen MR) is 70.2 cm³/mol. The molecule has 0 saturated heterocycles. The van der Waals surface area contributed by atoms with Crippen LogP contribution in [-0.2, 0) is 6.54 Å². The molecule has 0 amide bonds. The van der Waals surface area contributed by atoms with Crippen molar-refractivity contribution in [2.75, 3.05) is 20.8 Å². The van der Waals surface area contributed by atoms with E-state index in [0.29, 0.717) is 6.04 Å². The third-order valence-electron chi connectivity index (χ3n) is 2.56. The summed E-state index contributed by atoms with van der Waals surface area (Å²) < 4.78 is 0. The number of aromatic nitrogens is 1. The first-order chi connectivity index (χ1) is 8.24. The highest BCUT2D eigenvalue weighted by molar-refractivity contribution is 5.79. The van der Waals surface area contributed by atoms with Crippen molar-refractivity contribution in [3.63, 3.8) is 0 Å². The molecule has 0 aliphatic heterocycles. The summed E-state index contributed by atoms with van der Waals surface area (Å²) in [5.41, 5.74) is 2.21. The fourth-order valence-corrected chi connectivity index (χ4v) is 1.50. The van der Waals surface area contributed by atoms with E-state index in [0.717, 1.165) is 24.5 Å². The van der Waals surface area contributed by atoms with Crippen LogP contribution in [0.2, 0.25) is 0 Å². The zero-order valence-corrected chi connectivity index (χ0v) is 10.6. The molecule has 1 saturated carbocycles. The highest BCUT2D eigenvalue weighted by atomic mass is 15.2. The van der Waals surface area contributed by atoms with E-state index < -0.39 is 0 Å². The zero-order chi connectivity index (χ0) is 12.1. The maximum atomic E-state index is 4.47. The van der Waals surface area contributed by atoms with Crippen molar-refractivity contribution in [2.45, 2.75) is 25.4 Å². The van der Waals surface area contributed by atoms with Crippen LogP contribution in [0.1, 0.15) is 24.1 Å². The average molecular weight is 232 g/mol. The third-order valence-corrected chi connectivity index (χ3v) is 2.56. The van der Waals surface area contributed by atoms with Crippen LogP contribution in [0.5, 0.6) is 0 Å². The van der Waals surface area contributed by atoms with Crippen molar-refractivity contribution in [1.29, 1.82) is 0 Å². The van der Waals surface area contributed by atoms with Crippen LogP contribution in [0.3, 0.4) is 0 Å². The van der Waals surface area contributed by atoms with E-state index in [-0.39, 0.29) is 0 Å². The number of hydrogen-bond acceptors (Lipinski definition) is 4. The molecular weight excluding hydrogens is 212 g/mol. The molecule has 1 aliphatic carbocycles. The Morgan fingerprint density at radius 2 is 2.35 bits per heavy atom. The van der Waals surface area contributed by atoms with Gasteiger partial charge < -0.3 is 0 Å². The van der Waals surface area contributed by atoms with Gasteiger partial charge in [-0.05, 0) is 44.6 Å². The molecule has 4 nitrogen and oxygen atoms in total. The normalized spacial score (nSPS) is 15.9. The van der Waals surface area contributed by atoms with Gasteiger partial charge in [-0.25, -0.2) is 0 Å². The van der Waals surface area contributed by atoms with E-state index in [1.165, 1.54) is 12.8 Å². The summed E-state index contributed by atoms with van der Waals surface area (Å²) in [6, 6.07) is 4.68. The minimum atomic E-state index is 0.582. The van der Waals surface area contributed by atoms with Gasteiger partial charge in [-0.1, -0.05) is 0 Å². The van der Waals surface area contributed by atoms with Gasteiger partial charge in [-0.2, -0.15) is 0 Å². The lowest BCUT2D eigenvalue weighted by Crippen LogP contribution is -2.27. The molecule has 0 bridgehead atoms. The Kier molecular flexibility index (Phi) is 4.23. The van der Waals surface area contributed by atoms with Gasteiger partial charge in [-0.3, -0.25) is 20.2 Å². The molecule has 0 atom stereocenters. The Morgan fingerprint density at radius 1 is 1.53 bits per heavy atom. The summed E-state index contributed by atoms with van der Waals surface area (Å²) in [6.45, 7) is 1.66. The molecule has 1 N–H and O–H groups in total. The van der Waals surface area contributed by atoms with Gasteiger partial charge in [0.1, 0.15) is 0 Å². The number of nitrogens with zero attached hydrogens (tertiary/aromatic N) is 3. The lowest BCUT2D eigenvalue weighted by Gasteiger charge is -2.10. The number of hydrogen-bond donors (Lipinski definition) is 1. The first kappa shape index (κ1) is 12.2. The molecular formula is C13H20N4. The second-order valence-electron chi connectivity index (χ2n) is 4.75. The monoisotopic (exact) mass is 232 g/mol. The molecule has 1 aliphatic rings. The standard InChI is InChI=1S/C13H20N4/c1-17(2)10-14-9-13-7-11(5-6-15-13)8-16-12-3-4-12/h5-8,12,14H,3-4,9-10H2,1-2H3. The largest absolute Gasteiger partial charge is 0.299 e. The first-order valence-corrected chi connectivity index (χ1v) is 6.07.